The number of anilines is 1. The van der Waals surface area contributed by atoms with E-state index < -0.39 is 11.6 Å². The van der Waals surface area contributed by atoms with E-state index in [0.717, 1.165) is 14.9 Å². The summed E-state index contributed by atoms with van der Waals surface area (Å²) in [7, 11) is 0. The zero-order chi connectivity index (χ0) is 16.7. The van der Waals surface area contributed by atoms with Crippen LogP contribution < -0.4 is 4.90 Å². The molecule has 1 saturated heterocycles. The van der Waals surface area contributed by atoms with E-state index in [9.17, 15) is 8.78 Å². The van der Waals surface area contributed by atoms with Crippen molar-refractivity contribution in [3.8, 4) is 0 Å². The van der Waals surface area contributed by atoms with Gasteiger partial charge < -0.3 is 4.90 Å². The quantitative estimate of drug-likeness (QED) is 0.655. The molecule has 4 nitrogen and oxygen atoms in total. The Morgan fingerprint density at radius 1 is 1.25 bits per heavy atom. The van der Waals surface area contributed by atoms with Gasteiger partial charge in [-0.05, 0) is 24.8 Å². The molecule has 0 bridgehead atoms. The molecule has 0 spiro atoms. The molecule has 8 heteroatoms. The molecule has 3 aromatic rings. The molecule has 1 atom stereocenters. The summed E-state index contributed by atoms with van der Waals surface area (Å²) in [6, 6.07) is 4.03. The summed E-state index contributed by atoms with van der Waals surface area (Å²) in [6.07, 6.45) is 4.16. The van der Waals surface area contributed by atoms with Crippen LogP contribution in [0.4, 0.5) is 14.6 Å². The number of thiazole rings is 1. The Labute approximate surface area is 146 Å². The van der Waals surface area contributed by atoms with Crippen LogP contribution in [-0.4, -0.2) is 34.3 Å². The number of nitrogens with zero attached hydrogens (tertiary/aromatic N) is 4. The van der Waals surface area contributed by atoms with E-state index in [4.69, 9.17) is 0 Å². The Bertz CT molecular complexity index is 879. The lowest BCUT2D eigenvalue weighted by molar-refractivity contribution is 0.533. The first-order valence-corrected chi connectivity index (χ1v) is 9.56. The van der Waals surface area contributed by atoms with Crippen molar-refractivity contribution in [3.63, 3.8) is 0 Å². The predicted octanol–water partition coefficient (Wildman–Crippen LogP) is 4.08. The van der Waals surface area contributed by atoms with E-state index >= 15 is 0 Å². The molecule has 0 radical (unpaired) electrons. The topological polar surface area (TPSA) is 41.9 Å². The maximum absolute atomic E-state index is 14.0. The number of hydrogen-bond acceptors (Lipinski definition) is 6. The molecule has 1 aliphatic rings. The van der Waals surface area contributed by atoms with Gasteiger partial charge in [-0.1, -0.05) is 17.8 Å². The van der Waals surface area contributed by atoms with E-state index in [-0.39, 0.29) is 11.5 Å². The number of hydrogen-bond donors (Lipinski definition) is 0. The van der Waals surface area contributed by atoms with Crippen molar-refractivity contribution in [2.24, 2.45) is 0 Å². The Morgan fingerprint density at radius 2 is 2.04 bits per heavy atom. The lowest BCUT2D eigenvalue weighted by atomic mass is 9.97. The maximum Gasteiger partial charge on any atom is 0.176 e. The normalized spacial score (nSPS) is 17.8. The SMILES string of the molecule is CSc1nc2ncnc(N3CCC(c4c(F)cccc4F)C3)c2s1. The molecule has 0 amide bonds. The number of aromatic nitrogens is 3. The maximum atomic E-state index is 14.0. The lowest BCUT2D eigenvalue weighted by Gasteiger charge is -2.18. The zero-order valence-electron chi connectivity index (χ0n) is 12.9. The second-order valence-corrected chi connectivity index (χ2v) is 7.65. The molecule has 1 aromatic carbocycles. The fraction of sp³-hybridized carbons (Fsp3) is 0.312. The third-order valence-corrected chi connectivity index (χ3v) is 6.25. The van der Waals surface area contributed by atoms with Gasteiger partial charge in [0.15, 0.2) is 15.8 Å². The van der Waals surface area contributed by atoms with E-state index in [2.05, 4.69) is 19.9 Å². The first-order valence-electron chi connectivity index (χ1n) is 7.51. The first kappa shape index (κ1) is 15.7. The summed E-state index contributed by atoms with van der Waals surface area (Å²) in [5, 5.41) is 0. The lowest BCUT2D eigenvalue weighted by Crippen LogP contribution is -2.21. The van der Waals surface area contributed by atoms with Crippen LogP contribution in [0.25, 0.3) is 10.3 Å². The number of halogens is 2. The average Bonchev–Trinajstić information content (AvgIpc) is 3.21. The Balaban J connectivity index is 1.67. The summed E-state index contributed by atoms with van der Waals surface area (Å²) >= 11 is 3.12. The average molecular weight is 364 g/mol. The van der Waals surface area contributed by atoms with Crippen LogP contribution in [0.15, 0.2) is 28.9 Å². The zero-order valence-corrected chi connectivity index (χ0v) is 14.5. The van der Waals surface area contributed by atoms with Crippen molar-refractivity contribution >= 4 is 39.3 Å². The van der Waals surface area contributed by atoms with Crippen LogP contribution in [0.1, 0.15) is 17.9 Å². The highest BCUT2D eigenvalue weighted by Gasteiger charge is 2.30. The third kappa shape index (κ3) is 2.63. The van der Waals surface area contributed by atoms with Crippen LogP contribution in [0.2, 0.25) is 0 Å². The molecule has 1 fully saturated rings. The van der Waals surface area contributed by atoms with Crippen molar-refractivity contribution in [2.75, 3.05) is 24.2 Å². The molecular weight excluding hydrogens is 350 g/mol. The van der Waals surface area contributed by atoms with Gasteiger partial charge >= 0.3 is 0 Å². The van der Waals surface area contributed by atoms with Gasteiger partial charge in [-0.25, -0.2) is 23.7 Å². The summed E-state index contributed by atoms with van der Waals surface area (Å²) < 4.78 is 29.9. The smallest absolute Gasteiger partial charge is 0.176 e. The van der Waals surface area contributed by atoms with Crippen LogP contribution in [0, 0.1) is 11.6 Å². The third-order valence-electron chi connectivity index (χ3n) is 4.22. The van der Waals surface area contributed by atoms with Crippen LogP contribution in [-0.2, 0) is 0 Å². The molecule has 1 aliphatic heterocycles. The van der Waals surface area contributed by atoms with E-state index in [1.807, 2.05) is 6.26 Å². The van der Waals surface area contributed by atoms with Gasteiger partial charge in [-0.2, -0.15) is 0 Å². The summed E-state index contributed by atoms with van der Waals surface area (Å²) in [6.45, 7) is 1.24. The molecule has 1 unspecified atom stereocenters. The molecule has 0 aliphatic carbocycles. The van der Waals surface area contributed by atoms with Gasteiger partial charge in [0.1, 0.15) is 22.7 Å². The highest BCUT2D eigenvalue weighted by atomic mass is 32.2. The van der Waals surface area contributed by atoms with Gasteiger partial charge in [-0.15, -0.1) is 11.3 Å². The van der Waals surface area contributed by atoms with Crippen molar-refractivity contribution in [1.29, 1.82) is 0 Å². The minimum atomic E-state index is -0.475. The van der Waals surface area contributed by atoms with E-state index in [1.165, 1.54) is 24.5 Å². The number of rotatable bonds is 3. The number of benzene rings is 1. The van der Waals surface area contributed by atoms with Gasteiger partial charge in [0.05, 0.1) is 0 Å². The minimum Gasteiger partial charge on any atom is -0.355 e. The summed E-state index contributed by atoms with van der Waals surface area (Å²) in [5.74, 6) is -0.324. The van der Waals surface area contributed by atoms with E-state index in [0.29, 0.717) is 25.2 Å². The standard InChI is InChI=1S/C16H14F2N4S2/c1-23-16-21-14-13(24-16)15(20-8-19-14)22-6-5-9(7-22)12-10(17)3-2-4-11(12)18/h2-4,8-9H,5-7H2,1H3. The fourth-order valence-electron chi connectivity index (χ4n) is 3.12. The highest BCUT2D eigenvalue weighted by Crippen LogP contribution is 2.37. The van der Waals surface area contributed by atoms with E-state index in [1.54, 1.807) is 23.1 Å². The Morgan fingerprint density at radius 3 is 2.79 bits per heavy atom. The molecule has 0 N–H and O–H groups in total. The predicted molar refractivity (Wildman–Crippen MR) is 92.9 cm³/mol. The van der Waals surface area contributed by atoms with Gasteiger partial charge in [0.2, 0.25) is 0 Å². The van der Waals surface area contributed by atoms with Crippen molar-refractivity contribution in [3.05, 3.63) is 41.7 Å². The Kier molecular flexibility index (Phi) is 4.09. The minimum absolute atomic E-state index is 0.177. The molecule has 0 saturated carbocycles. The van der Waals surface area contributed by atoms with Crippen LogP contribution in [0.3, 0.4) is 0 Å². The van der Waals surface area contributed by atoms with Gasteiger partial charge in [0.25, 0.3) is 0 Å². The van der Waals surface area contributed by atoms with Gasteiger partial charge in [0, 0.05) is 24.6 Å². The second-order valence-electron chi connectivity index (χ2n) is 5.60. The number of thioether (sulfide) groups is 1. The Hall–Kier alpha value is -1.80. The van der Waals surface area contributed by atoms with Crippen molar-refractivity contribution < 1.29 is 8.78 Å². The van der Waals surface area contributed by atoms with Crippen molar-refractivity contribution in [2.45, 2.75) is 16.7 Å². The van der Waals surface area contributed by atoms with Gasteiger partial charge in [-0.3, -0.25) is 0 Å². The monoisotopic (exact) mass is 364 g/mol. The first-order chi connectivity index (χ1) is 11.7. The fourth-order valence-corrected chi connectivity index (χ4v) is 4.66. The molecule has 4 rings (SSSR count). The summed E-state index contributed by atoms with van der Waals surface area (Å²) in [5.41, 5.74) is 0.856. The summed E-state index contributed by atoms with van der Waals surface area (Å²) in [4.78, 5) is 15.1. The largest absolute Gasteiger partial charge is 0.355 e. The molecule has 3 heterocycles. The molecule has 2 aromatic heterocycles. The molecule has 124 valence electrons. The molecule has 24 heavy (non-hydrogen) atoms. The highest BCUT2D eigenvalue weighted by molar-refractivity contribution is 8.00. The molecular formula is C16H14F2N4S2. The van der Waals surface area contributed by atoms with Crippen LogP contribution in [0.5, 0.6) is 0 Å². The second kappa shape index (κ2) is 6.25. The van der Waals surface area contributed by atoms with Crippen molar-refractivity contribution in [1.82, 2.24) is 15.0 Å². The number of fused-ring (bicyclic) bond motifs is 1. The van der Waals surface area contributed by atoms with Crippen LogP contribution >= 0.6 is 23.1 Å².